The van der Waals surface area contributed by atoms with Crippen molar-refractivity contribution in [3.8, 4) is 0 Å². The normalized spacial score (nSPS) is 11.5. The van der Waals surface area contributed by atoms with Gasteiger partial charge < -0.3 is 9.47 Å². The zero-order valence-corrected chi connectivity index (χ0v) is 11.1. The van der Waals surface area contributed by atoms with Crippen molar-refractivity contribution in [2.45, 2.75) is 40.5 Å². The quantitative estimate of drug-likeness (QED) is 0.508. The van der Waals surface area contributed by atoms with Crippen molar-refractivity contribution >= 4 is 11.9 Å². The molecule has 0 rings (SSSR count). The van der Waals surface area contributed by atoms with Gasteiger partial charge in [0.05, 0.1) is 18.6 Å². The van der Waals surface area contributed by atoms with Crippen molar-refractivity contribution in [3.05, 3.63) is 12.2 Å². The molecule has 0 spiro atoms. The third-order valence-corrected chi connectivity index (χ3v) is 2.30. The molecule has 4 nitrogen and oxygen atoms in total. The number of esters is 2. The molecule has 0 saturated carbocycles. The molecule has 0 radical (unpaired) electrons. The van der Waals surface area contributed by atoms with Crippen molar-refractivity contribution in [3.63, 3.8) is 0 Å². The van der Waals surface area contributed by atoms with Crippen molar-refractivity contribution < 1.29 is 19.1 Å². The third-order valence-electron chi connectivity index (χ3n) is 2.30. The minimum absolute atomic E-state index is 0.204. The molecule has 4 heteroatoms. The van der Waals surface area contributed by atoms with E-state index in [0.29, 0.717) is 26.1 Å². The molecular formula is C13H22O4. The summed E-state index contributed by atoms with van der Waals surface area (Å²) in [5.74, 6) is -0.550. The van der Waals surface area contributed by atoms with Crippen molar-refractivity contribution in [2.24, 2.45) is 5.41 Å². The lowest BCUT2D eigenvalue weighted by Crippen LogP contribution is -2.26. The summed E-state index contributed by atoms with van der Waals surface area (Å²) in [6.45, 7) is 7.98. The fourth-order valence-corrected chi connectivity index (χ4v) is 1.24. The Morgan fingerprint density at radius 2 is 1.71 bits per heavy atom. The standard InChI is InChI=1S/C13H22O4/c1-5-16-11(14)9-7-8-10-13(3,4)12(15)17-6-2/h7,9H,5-6,8,10H2,1-4H3/b9-7+. The molecule has 0 atom stereocenters. The van der Waals surface area contributed by atoms with E-state index in [4.69, 9.17) is 9.47 Å². The first-order valence-corrected chi connectivity index (χ1v) is 5.94. The second-order valence-corrected chi connectivity index (χ2v) is 4.30. The third kappa shape index (κ3) is 6.76. The van der Waals surface area contributed by atoms with Gasteiger partial charge in [-0.15, -0.1) is 0 Å². The van der Waals surface area contributed by atoms with Crippen LogP contribution in [0.3, 0.4) is 0 Å². The molecule has 0 N–H and O–H groups in total. The van der Waals surface area contributed by atoms with Crippen LogP contribution in [-0.4, -0.2) is 25.2 Å². The van der Waals surface area contributed by atoms with E-state index in [9.17, 15) is 9.59 Å². The fraction of sp³-hybridized carbons (Fsp3) is 0.692. The van der Waals surface area contributed by atoms with Gasteiger partial charge in [0, 0.05) is 6.08 Å². The van der Waals surface area contributed by atoms with E-state index in [-0.39, 0.29) is 11.9 Å². The van der Waals surface area contributed by atoms with E-state index < -0.39 is 5.41 Å². The van der Waals surface area contributed by atoms with Gasteiger partial charge in [-0.3, -0.25) is 4.79 Å². The van der Waals surface area contributed by atoms with Crippen LogP contribution in [0.4, 0.5) is 0 Å². The number of hydrogen-bond donors (Lipinski definition) is 0. The average Bonchev–Trinajstić information content (AvgIpc) is 2.25. The highest BCUT2D eigenvalue weighted by molar-refractivity contribution is 5.81. The molecule has 0 bridgehead atoms. The second kappa shape index (κ2) is 7.87. The summed E-state index contributed by atoms with van der Waals surface area (Å²) in [5, 5.41) is 0. The maximum absolute atomic E-state index is 11.6. The molecule has 0 aromatic rings. The number of ether oxygens (including phenoxy) is 2. The molecule has 0 aliphatic rings. The Labute approximate surface area is 103 Å². The Bertz CT molecular complexity index is 279. The lowest BCUT2D eigenvalue weighted by molar-refractivity contribution is -0.153. The van der Waals surface area contributed by atoms with Gasteiger partial charge in [0.25, 0.3) is 0 Å². The zero-order valence-electron chi connectivity index (χ0n) is 11.1. The number of allylic oxidation sites excluding steroid dienone is 1. The minimum atomic E-state index is -0.519. The summed E-state index contributed by atoms with van der Waals surface area (Å²) in [4.78, 5) is 22.6. The first-order valence-electron chi connectivity index (χ1n) is 5.94. The molecule has 0 heterocycles. The maximum Gasteiger partial charge on any atom is 0.330 e. The molecule has 17 heavy (non-hydrogen) atoms. The van der Waals surface area contributed by atoms with Gasteiger partial charge in [-0.05, 0) is 40.5 Å². The van der Waals surface area contributed by atoms with Gasteiger partial charge in [0.1, 0.15) is 0 Å². The molecule has 0 fully saturated rings. The molecule has 0 unspecified atom stereocenters. The van der Waals surface area contributed by atoms with E-state index in [0.717, 1.165) is 0 Å². The largest absolute Gasteiger partial charge is 0.466 e. The second-order valence-electron chi connectivity index (χ2n) is 4.30. The molecule has 0 aliphatic heterocycles. The first kappa shape index (κ1) is 15.7. The van der Waals surface area contributed by atoms with Gasteiger partial charge in [-0.1, -0.05) is 6.08 Å². The first-order chi connectivity index (χ1) is 7.94. The van der Waals surface area contributed by atoms with Crippen molar-refractivity contribution in [2.75, 3.05) is 13.2 Å². The Morgan fingerprint density at radius 3 is 2.24 bits per heavy atom. The lowest BCUT2D eigenvalue weighted by Gasteiger charge is -2.21. The van der Waals surface area contributed by atoms with E-state index in [1.54, 1.807) is 19.9 Å². The summed E-state index contributed by atoms with van der Waals surface area (Å²) >= 11 is 0. The molecule has 98 valence electrons. The zero-order chi connectivity index (χ0) is 13.3. The van der Waals surface area contributed by atoms with Gasteiger partial charge in [-0.2, -0.15) is 0 Å². The van der Waals surface area contributed by atoms with Crippen LogP contribution >= 0.6 is 0 Å². The van der Waals surface area contributed by atoms with E-state index in [2.05, 4.69) is 0 Å². The van der Waals surface area contributed by atoms with E-state index in [1.807, 2.05) is 13.8 Å². The minimum Gasteiger partial charge on any atom is -0.466 e. The fourth-order valence-electron chi connectivity index (χ4n) is 1.24. The smallest absolute Gasteiger partial charge is 0.330 e. The molecule has 0 saturated heterocycles. The summed E-state index contributed by atoms with van der Waals surface area (Å²) in [6, 6.07) is 0. The van der Waals surface area contributed by atoms with Crippen LogP contribution in [0.2, 0.25) is 0 Å². The topological polar surface area (TPSA) is 52.6 Å². The molecule has 0 aromatic heterocycles. The monoisotopic (exact) mass is 242 g/mol. The van der Waals surface area contributed by atoms with Crippen LogP contribution in [0.1, 0.15) is 40.5 Å². The Kier molecular flexibility index (Phi) is 7.26. The van der Waals surface area contributed by atoms with Crippen LogP contribution in [0, 0.1) is 5.41 Å². The molecule has 0 aromatic carbocycles. The van der Waals surface area contributed by atoms with Gasteiger partial charge in [0.15, 0.2) is 0 Å². The summed E-state index contributed by atoms with van der Waals surface area (Å²) < 4.78 is 9.71. The average molecular weight is 242 g/mol. The van der Waals surface area contributed by atoms with Crippen molar-refractivity contribution in [1.29, 1.82) is 0 Å². The van der Waals surface area contributed by atoms with Gasteiger partial charge >= 0.3 is 11.9 Å². The van der Waals surface area contributed by atoms with Crippen molar-refractivity contribution in [1.82, 2.24) is 0 Å². The molecule has 0 amide bonds. The number of carbonyl (C=O) groups is 2. The molecular weight excluding hydrogens is 220 g/mol. The highest BCUT2D eigenvalue weighted by Gasteiger charge is 2.27. The molecule has 0 aliphatic carbocycles. The van der Waals surface area contributed by atoms with Crippen LogP contribution in [0.15, 0.2) is 12.2 Å². The summed E-state index contributed by atoms with van der Waals surface area (Å²) in [6.07, 6.45) is 4.40. The van der Waals surface area contributed by atoms with E-state index in [1.165, 1.54) is 6.08 Å². The Balaban J connectivity index is 4.02. The van der Waals surface area contributed by atoms with Gasteiger partial charge in [-0.25, -0.2) is 4.79 Å². The van der Waals surface area contributed by atoms with Crippen LogP contribution in [0.5, 0.6) is 0 Å². The number of hydrogen-bond acceptors (Lipinski definition) is 4. The Hall–Kier alpha value is -1.32. The number of carbonyl (C=O) groups excluding carboxylic acids is 2. The number of rotatable bonds is 7. The van der Waals surface area contributed by atoms with Crippen LogP contribution in [0.25, 0.3) is 0 Å². The summed E-state index contributed by atoms with van der Waals surface area (Å²) in [7, 11) is 0. The van der Waals surface area contributed by atoms with Crippen LogP contribution < -0.4 is 0 Å². The Morgan fingerprint density at radius 1 is 1.12 bits per heavy atom. The highest BCUT2D eigenvalue weighted by Crippen LogP contribution is 2.24. The SMILES string of the molecule is CCOC(=O)/C=C/CCC(C)(C)C(=O)OCC. The highest BCUT2D eigenvalue weighted by atomic mass is 16.5. The maximum atomic E-state index is 11.6. The summed E-state index contributed by atoms with van der Waals surface area (Å²) in [5.41, 5.74) is -0.519. The lowest BCUT2D eigenvalue weighted by atomic mass is 9.88. The van der Waals surface area contributed by atoms with Crippen LogP contribution in [-0.2, 0) is 19.1 Å². The van der Waals surface area contributed by atoms with E-state index >= 15 is 0 Å². The predicted octanol–water partition coefficient (Wildman–Crippen LogP) is 2.48. The predicted molar refractivity (Wildman–Crippen MR) is 65.4 cm³/mol. The van der Waals surface area contributed by atoms with Gasteiger partial charge in [0.2, 0.25) is 0 Å².